The molecule has 2 rings (SSSR count). The van der Waals surface area contributed by atoms with Gasteiger partial charge in [-0.05, 0) is 44.5 Å². The summed E-state index contributed by atoms with van der Waals surface area (Å²) in [6.45, 7) is 7.05. The van der Waals surface area contributed by atoms with E-state index in [1.165, 1.54) is 22.7 Å². The Morgan fingerprint density at radius 1 is 0.700 bits per heavy atom. The van der Waals surface area contributed by atoms with Gasteiger partial charge in [-0.25, -0.2) is 14.4 Å². The Morgan fingerprint density at radius 3 is 1.58 bits per heavy atom. The summed E-state index contributed by atoms with van der Waals surface area (Å²) in [7, 11) is 0. The first kappa shape index (κ1) is 41.6. The van der Waals surface area contributed by atoms with Gasteiger partial charge in [-0.15, -0.1) is 0 Å². The second-order valence-corrected chi connectivity index (χ2v) is 13.2. The van der Waals surface area contributed by atoms with E-state index in [1.54, 1.807) is 62.4 Å². The van der Waals surface area contributed by atoms with Crippen LogP contribution >= 0.6 is 0 Å². The lowest BCUT2D eigenvalue weighted by Crippen LogP contribution is -2.38. The van der Waals surface area contributed by atoms with Crippen LogP contribution in [0.5, 0.6) is 11.5 Å². The average molecular weight is 733 g/mol. The van der Waals surface area contributed by atoms with Gasteiger partial charge < -0.3 is 39.1 Å². The van der Waals surface area contributed by atoms with Crippen LogP contribution in [0.25, 0.3) is 0 Å². The van der Waals surface area contributed by atoms with Gasteiger partial charge in [0.05, 0.1) is 5.41 Å². The normalized spacial score (nSPS) is 11.9. The van der Waals surface area contributed by atoms with E-state index in [-0.39, 0.29) is 38.4 Å². The molecule has 0 radical (unpaired) electrons. The van der Waals surface area contributed by atoms with Crippen molar-refractivity contribution in [2.24, 2.45) is 5.41 Å². The zero-order valence-electron chi connectivity index (χ0n) is 28.7. The lowest BCUT2D eigenvalue weighted by molar-refractivity contribution is -0.157. The standard InChI is InChI=1S/C36H46N2O10S2/c1-27(32(39)45-25-30(23-43-28-14-8-6-9-15-28)47-34(41)37-18-12-20-49-4)22-36(2,3)33(40)46-26-31(24-44-29-16-10-7-11-17-29)48-35(42)38-19-13-21-50-5/h6-11,14-17,30-31H,1,4-5,12-13,18-26H2,2-3H3/p+2. The zero-order chi connectivity index (χ0) is 36.6. The first-order chi connectivity index (χ1) is 24.0. The number of amides is 2. The Kier molecular flexibility index (Phi) is 19.8. The van der Waals surface area contributed by atoms with Crippen molar-refractivity contribution >= 4 is 58.6 Å². The van der Waals surface area contributed by atoms with E-state index in [9.17, 15) is 19.2 Å². The molecule has 272 valence electrons. The molecule has 0 aliphatic rings. The molecule has 2 atom stereocenters. The van der Waals surface area contributed by atoms with Gasteiger partial charge in [-0.2, -0.15) is 0 Å². The molecule has 0 aliphatic heterocycles. The first-order valence-corrected chi connectivity index (χ1v) is 18.4. The molecule has 2 aromatic carbocycles. The van der Waals surface area contributed by atoms with Crippen LogP contribution in [0.15, 0.2) is 72.8 Å². The summed E-state index contributed by atoms with van der Waals surface area (Å²) in [6, 6.07) is 17.9. The highest BCUT2D eigenvalue weighted by atomic mass is 32.1. The Hall–Kier alpha value is -4.56. The Labute approximate surface area is 302 Å². The Morgan fingerprint density at radius 2 is 1.14 bits per heavy atom. The van der Waals surface area contributed by atoms with Crippen molar-refractivity contribution in [3.05, 3.63) is 72.8 Å². The Bertz CT molecular complexity index is 1380. The molecule has 12 nitrogen and oxygen atoms in total. The van der Waals surface area contributed by atoms with E-state index in [4.69, 9.17) is 28.4 Å². The maximum absolute atomic E-state index is 13.2. The van der Waals surface area contributed by atoms with Crippen LogP contribution in [-0.2, 0) is 51.2 Å². The number of ether oxygens (including phenoxy) is 6. The quantitative estimate of drug-likeness (QED) is 0.0402. The predicted molar refractivity (Wildman–Crippen MR) is 198 cm³/mol. The second-order valence-electron chi connectivity index (χ2n) is 11.5. The first-order valence-electron chi connectivity index (χ1n) is 16.0. The number of rotatable bonds is 24. The number of hydrogen-bond donors (Lipinski definition) is 2. The van der Waals surface area contributed by atoms with E-state index < -0.39 is 41.7 Å². The molecule has 0 saturated carbocycles. The summed E-state index contributed by atoms with van der Waals surface area (Å²) < 4.78 is 33.3. The van der Waals surface area contributed by atoms with Crippen LogP contribution in [0.1, 0.15) is 33.1 Å². The van der Waals surface area contributed by atoms with Crippen LogP contribution in [0, 0.1) is 5.41 Å². The Balaban J connectivity index is 1.93. The summed E-state index contributed by atoms with van der Waals surface area (Å²) >= 11 is 2.84. The van der Waals surface area contributed by atoms with Crippen molar-refractivity contribution in [1.29, 1.82) is 0 Å². The van der Waals surface area contributed by atoms with Gasteiger partial charge in [-0.1, -0.05) is 43.0 Å². The van der Waals surface area contributed by atoms with Gasteiger partial charge >= 0.3 is 24.1 Å². The lowest BCUT2D eigenvalue weighted by Gasteiger charge is -2.25. The van der Waals surface area contributed by atoms with Crippen molar-refractivity contribution in [2.75, 3.05) is 51.0 Å². The highest BCUT2D eigenvalue weighted by Gasteiger charge is 2.33. The minimum Gasteiger partial charge on any atom is -0.490 e. The predicted octanol–water partition coefficient (Wildman–Crippen LogP) is 4.20. The number of carbonyl (C=O) groups is 4. The topological polar surface area (TPSA) is 148 Å². The molecule has 2 unspecified atom stereocenters. The third kappa shape index (κ3) is 17.7. The summed E-state index contributed by atoms with van der Waals surface area (Å²) in [4.78, 5) is 50.8. The summed E-state index contributed by atoms with van der Waals surface area (Å²) in [5.41, 5.74) is -1.20. The highest BCUT2D eigenvalue weighted by molar-refractivity contribution is 7.76. The lowest BCUT2D eigenvalue weighted by atomic mass is 9.86. The van der Waals surface area contributed by atoms with Crippen molar-refractivity contribution in [3.8, 4) is 11.5 Å². The fourth-order valence-electron chi connectivity index (χ4n) is 4.07. The molecule has 2 amide bonds. The monoisotopic (exact) mass is 732 g/mol. The van der Waals surface area contributed by atoms with E-state index in [2.05, 4.69) is 29.0 Å². The summed E-state index contributed by atoms with van der Waals surface area (Å²) in [5.74, 6) is 8.61. The maximum atomic E-state index is 13.2. The molecule has 50 heavy (non-hydrogen) atoms. The minimum absolute atomic E-state index is 0.00448. The number of hydrogen-bond acceptors (Lipinski definition) is 10. The highest BCUT2D eigenvalue weighted by Crippen LogP contribution is 2.27. The molecule has 14 heteroatoms. The molecule has 0 saturated heterocycles. The third-order valence-corrected chi connectivity index (χ3v) is 7.83. The summed E-state index contributed by atoms with van der Waals surface area (Å²) in [5, 5.41) is 5.31. The van der Waals surface area contributed by atoms with Crippen molar-refractivity contribution in [1.82, 2.24) is 10.6 Å². The van der Waals surface area contributed by atoms with E-state index in [0.717, 1.165) is 11.5 Å². The van der Waals surface area contributed by atoms with Gasteiger partial charge in [0.1, 0.15) is 37.9 Å². The zero-order valence-corrected chi connectivity index (χ0v) is 30.4. The maximum Gasteiger partial charge on any atom is 0.407 e. The third-order valence-electron chi connectivity index (χ3n) is 6.67. The minimum atomic E-state index is -1.20. The number of benzene rings is 2. The van der Waals surface area contributed by atoms with E-state index >= 15 is 0 Å². The van der Waals surface area contributed by atoms with Crippen LogP contribution < -0.4 is 20.1 Å². The number of nitrogens with one attached hydrogen (secondary N) is 2. The fourth-order valence-corrected chi connectivity index (χ4v) is 4.77. The fraction of sp³-hybridized carbons (Fsp3) is 0.444. The molecule has 0 spiro atoms. The smallest absolute Gasteiger partial charge is 0.407 e. The summed E-state index contributed by atoms with van der Waals surface area (Å²) in [6.07, 6.45) is -1.87. The van der Waals surface area contributed by atoms with Crippen molar-refractivity contribution in [3.63, 3.8) is 0 Å². The van der Waals surface area contributed by atoms with Gasteiger partial charge in [-0.3, -0.25) is 4.79 Å². The largest absolute Gasteiger partial charge is 0.490 e. The van der Waals surface area contributed by atoms with Gasteiger partial charge in [0.2, 0.25) is 0 Å². The van der Waals surface area contributed by atoms with E-state index in [1.807, 2.05) is 12.1 Å². The van der Waals surface area contributed by atoms with E-state index in [0.29, 0.717) is 37.4 Å². The second kappa shape index (κ2) is 23.7. The molecule has 0 fully saturated rings. The number of carbonyl (C=O) groups excluding carboxylic acids is 4. The average Bonchev–Trinajstić information content (AvgIpc) is 3.11. The van der Waals surface area contributed by atoms with Crippen LogP contribution in [0.4, 0.5) is 9.59 Å². The van der Waals surface area contributed by atoms with Crippen LogP contribution in [0.2, 0.25) is 0 Å². The van der Waals surface area contributed by atoms with Crippen molar-refractivity contribution < 1.29 is 47.6 Å². The van der Waals surface area contributed by atoms with Crippen molar-refractivity contribution in [2.45, 2.75) is 45.3 Å². The SMILES string of the molecule is C=[S+]CCCNC(=O)OC(COC(=O)C(=C)CC(C)(C)C(=O)OCC(COc1ccccc1)OC(=O)NCCC[S+]=C)COc1ccccc1. The number of esters is 2. The van der Waals surface area contributed by atoms with Gasteiger partial charge in [0.25, 0.3) is 0 Å². The van der Waals surface area contributed by atoms with Gasteiger partial charge in [0.15, 0.2) is 58.2 Å². The van der Waals surface area contributed by atoms with Crippen LogP contribution in [-0.4, -0.2) is 99.1 Å². The molecule has 2 aromatic rings. The molecule has 2 N–H and O–H groups in total. The molecular weight excluding hydrogens is 685 g/mol. The molecule has 0 aliphatic carbocycles. The number of alkyl carbamates (subject to hydrolysis) is 2. The van der Waals surface area contributed by atoms with Crippen LogP contribution in [0.3, 0.4) is 0 Å². The van der Waals surface area contributed by atoms with Gasteiger partial charge in [0, 0.05) is 31.5 Å². The molecule has 0 heterocycles. The molecular formula is C36H48N2O10S2+2. The number of para-hydroxylation sites is 2. The molecule has 0 aromatic heterocycles. The molecule has 0 bridgehead atoms.